The molecule has 1 aromatic carbocycles. The summed E-state index contributed by atoms with van der Waals surface area (Å²) in [5, 5.41) is -0.528. The van der Waals surface area contributed by atoms with Gasteiger partial charge in [0, 0.05) is 0 Å². The standard InChI is InChI=1S/C18H21NO7S/c1-6-26-17(21)10(2)19-16(20)14(27-18(19)22)9-11-7-12(23-3)15(25-5)13(8-11)24-4/h7-10H,6H2,1-5H3/b14-9-/t10-/m1/s1. The minimum absolute atomic E-state index is 0.167. The number of amides is 2. The maximum Gasteiger partial charge on any atom is 0.329 e. The molecule has 1 atom stereocenters. The predicted molar refractivity (Wildman–Crippen MR) is 100 cm³/mol. The highest BCUT2D eigenvalue weighted by molar-refractivity contribution is 8.18. The van der Waals surface area contributed by atoms with Crippen LogP contribution < -0.4 is 14.2 Å². The Labute approximate surface area is 161 Å². The Balaban J connectivity index is 2.36. The molecule has 0 aliphatic carbocycles. The van der Waals surface area contributed by atoms with Crippen LogP contribution in [0.1, 0.15) is 19.4 Å². The Kier molecular flexibility index (Phi) is 6.73. The number of imide groups is 1. The predicted octanol–water partition coefficient (Wildman–Crippen LogP) is 2.70. The molecule has 0 saturated carbocycles. The van der Waals surface area contributed by atoms with E-state index in [1.54, 1.807) is 19.1 Å². The van der Waals surface area contributed by atoms with Crippen molar-refractivity contribution in [3.05, 3.63) is 22.6 Å². The van der Waals surface area contributed by atoms with Crippen LogP contribution in [0.5, 0.6) is 17.2 Å². The number of carbonyl (C=O) groups is 3. The quantitative estimate of drug-likeness (QED) is 0.514. The average molecular weight is 395 g/mol. The third-order valence-corrected chi connectivity index (χ3v) is 4.71. The fourth-order valence-corrected chi connectivity index (χ4v) is 3.43. The molecule has 9 heteroatoms. The van der Waals surface area contributed by atoms with Crippen molar-refractivity contribution < 1.29 is 33.3 Å². The lowest BCUT2D eigenvalue weighted by Crippen LogP contribution is -2.42. The molecule has 1 aromatic rings. The fraction of sp³-hybridized carbons (Fsp3) is 0.389. The Bertz CT molecular complexity index is 765. The average Bonchev–Trinajstić information content (AvgIpc) is 2.93. The monoisotopic (exact) mass is 395 g/mol. The number of nitrogens with zero attached hydrogens (tertiary/aromatic N) is 1. The lowest BCUT2D eigenvalue weighted by atomic mass is 10.1. The molecule has 0 spiro atoms. The van der Waals surface area contributed by atoms with Gasteiger partial charge in [0.15, 0.2) is 11.5 Å². The van der Waals surface area contributed by atoms with Crippen molar-refractivity contribution >= 4 is 35.0 Å². The second-order valence-electron chi connectivity index (χ2n) is 5.44. The van der Waals surface area contributed by atoms with E-state index in [4.69, 9.17) is 18.9 Å². The Morgan fingerprint density at radius 2 is 1.74 bits per heavy atom. The number of carbonyl (C=O) groups excluding carboxylic acids is 3. The van der Waals surface area contributed by atoms with E-state index < -0.39 is 23.2 Å². The van der Waals surface area contributed by atoms with Crippen molar-refractivity contribution in [3.63, 3.8) is 0 Å². The lowest BCUT2D eigenvalue weighted by Gasteiger charge is -2.19. The summed E-state index contributed by atoms with van der Waals surface area (Å²) in [5.74, 6) is 0.0683. The zero-order valence-electron chi connectivity index (χ0n) is 15.7. The van der Waals surface area contributed by atoms with Gasteiger partial charge in [-0.25, -0.2) is 4.79 Å². The molecule has 27 heavy (non-hydrogen) atoms. The summed E-state index contributed by atoms with van der Waals surface area (Å²) in [4.78, 5) is 37.8. The van der Waals surface area contributed by atoms with Gasteiger partial charge in [0.1, 0.15) is 6.04 Å². The third kappa shape index (κ3) is 4.19. The second kappa shape index (κ2) is 8.81. The van der Waals surface area contributed by atoms with Gasteiger partial charge in [0.2, 0.25) is 5.75 Å². The molecule has 2 amide bonds. The van der Waals surface area contributed by atoms with E-state index in [2.05, 4.69) is 0 Å². The lowest BCUT2D eigenvalue weighted by molar-refractivity contribution is -0.150. The molecule has 1 fully saturated rings. The van der Waals surface area contributed by atoms with Crippen molar-refractivity contribution in [2.24, 2.45) is 0 Å². The summed E-state index contributed by atoms with van der Waals surface area (Å²) >= 11 is 0.755. The number of ether oxygens (including phenoxy) is 4. The first-order valence-electron chi connectivity index (χ1n) is 8.11. The van der Waals surface area contributed by atoms with E-state index in [9.17, 15) is 14.4 Å². The summed E-state index contributed by atoms with van der Waals surface area (Å²) in [6.45, 7) is 3.28. The Hall–Kier alpha value is -2.68. The molecule has 0 bridgehead atoms. The van der Waals surface area contributed by atoms with Gasteiger partial charge in [-0.2, -0.15) is 0 Å². The molecule has 1 aliphatic rings. The topological polar surface area (TPSA) is 91.4 Å². The molecule has 0 radical (unpaired) electrons. The van der Waals surface area contributed by atoms with Gasteiger partial charge >= 0.3 is 5.97 Å². The van der Waals surface area contributed by atoms with Gasteiger partial charge in [-0.05, 0) is 49.4 Å². The summed E-state index contributed by atoms with van der Waals surface area (Å²) in [7, 11) is 4.45. The summed E-state index contributed by atoms with van der Waals surface area (Å²) in [6.07, 6.45) is 1.53. The maximum atomic E-state index is 12.6. The number of rotatable bonds is 7. The number of hydrogen-bond acceptors (Lipinski definition) is 8. The second-order valence-corrected chi connectivity index (χ2v) is 6.43. The van der Waals surface area contributed by atoms with Gasteiger partial charge in [-0.1, -0.05) is 0 Å². The largest absolute Gasteiger partial charge is 0.493 e. The van der Waals surface area contributed by atoms with Crippen LogP contribution in [-0.4, -0.2) is 56.0 Å². The molecular formula is C18H21NO7S. The van der Waals surface area contributed by atoms with Crippen LogP contribution in [0, 0.1) is 0 Å². The first-order chi connectivity index (χ1) is 12.9. The molecule has 1 saturated heterocycles. The third-order valence-electron chi connectivity index (χ3n) is 3.82. The molecule has 0 unspecified atom stereocenters. The number of thioether (sulfide) groups is 1. The molecule has 0 N–H and O–H groups in total. The molecule has 8 nitrogen and oxygen atoms in total. The Morgan fingerprint density at radius 1 is 1.15 bits per heavy atom. The molecule has 146 valence electrons. The van der Waals surface area contributed by atoms with E-state index in [0.29, 0.717) is 22.8 Å². The fourth-order valence-electron chi connectivity index (χ4n) is 2.52. The Morgan fingerprint density at radius 3 is 2.22 bits per heavy atom. The molecule has 0 aromatic heterocycles. The zero-order chi connectivity index (χ0) is 20.1. The zero-order valence-corrected chi connectivity index (χ0v) is 16.5. The van der Waals surface area contributed by atoms with Crippen molar-refractivity contribution in [1.82, 2.24) is 4.90 Å². The molecule has 1 heterocycles. The van der Waals surface area contributed by atoms with Crippen molar-refractivity contribution in [2.45, 2.75) is 19.9 Å². The summed E-state index contributed by atoms with van der Waals surface area (Å²) < 4.78 is 20.7. The van der Waals surface area contributed by atoms with E-state index in [0.717, 1.165) is 16.7 Å². The van der Waals surface area contributed by atoms with Crippen LogP contribution in [0.2, 0.25) is 0 Å². The van der Waals surface area contributed by atoms with Crippen molar-refractivity contribution in [2.75, 3.05) is 27.9 Å². The SMILES string of the molecule is CCOC(=O)[C@@H](C)N1C(=O)S/C(=C\c2cc(OC)c(OC)c(OC)c2)C1=O. The molecular weight excluding hydrogens is 374 g/mol. The summed E-state index contributed by atoms with van der Waals surface area (Å²) in [5.41, 5.74) is 0.582. The highest BCUT2D eigenvalue weighted by Crippen LogP contribution is 2.40. The maximum absolute atomic E-state index is 12.6. The normalized spacial score (nSPS) is 16.5. The molecule has 1 aliphatic heterocycles. The van der Waals surface area contributed by atoms with Gasteiger partial charge < -0.3 is 18.9 Å². The van der Waals surface area contributed by atoms with Crippen LogP contribution >= 0.6 is 11.8 Å². The van der Waals surface area contributed by atoms with Crippen LogP contribution in [0.15, 0.2) is 17.0 Å². The van der Waals surface area contributed by atoms with Gasteiger partial charge in [0.25, 0.3) is 11.1 Å². The number of methoxy groups -OCH3 is 3. The van der Waals surface area contributed by atoms with E-state index >= 15 is 0 Å². The van der Waals surface area contributed by atoms with Crippen LogP contribution in [0.3, 0.4) is 0 Å². The van der Waals surface area contributed by atoms with Crippen LogP contribution in [-0.2, 0) is 14.3 Å². The number of esters is 1. The van der Waals surface area contributed by atoms with E-state index in [-0.39, 0.29) is 11.5 Å². The minimum atomic E-state index is -0.997. The van der Waals surface area contributed by atoms with Crippen molar-refractivity contribution in [1.29, 1.82) is 0 Å². The highest BCUT2D eigenvalue weighted by atomic mass is 32.2. The first kappa shape index (κ1) is 20.6. The van der Waals surface area contributed by atoms with Gasteiger partial charge in [0.05, 0.1) is 32.8 Å². The van der Waals surface area contributed by atoms with Gasteiger partial charge in [-0.3, -0.25) is 14.5 Å². The first-order valence-corrected chi connectivity index (χ1v) is 8.93. The highest BCUT2D eigenvalue weighted by Gasteiger charge is 2.41. The summed E-state index contributed by atoms with van der Waals surface area (Å²) in [6, 6.07) is 2.32. The smallest absolute Gasteiger partial charge is 0.329 e. The number of benzene rings is 1. The van der Waals surface area contributed by atoms with Crippen molar-refractivity contribution in [3.8, 4) is 17.2 Å². The van der Waals surface area contributed by atoms with Crippen LogP contribution in [0.25, 0.3) is 6.08 Å². The van der Waals surface area contributed by atoms with E-state index in [1.165, 1.54) is 34.3 Å². The van der Waals surface area contributed by atoms with Gasteiger partial charge in [-0.15, -0.1) is 0 Å². The number of hydrogen-bond donors (Lipinski definition) is 0. The van der Waals surface area contributed by atoms with Crippen LogP contribution in [0.4, 0.5) is 4.79 Å². The minimum Gasteiger partial charge on any atom is -0.493 e. The van der Waals surface area contributed by atoms with E-state index in [1.807, 2.05) is 0 Å². The molecule has 2 rings (SSSR count).